The zero-order valence-corrected chi connectivity index (χ0v) is 12.1. The third kappa shape index (κ3) is 2.88. The van der Waals surface area contributed by atoms with E-state index in [1.807, 2.05) is 11.8 Å². The molecule has 0 aromatic heterocycles. The zero-order valence-electron chi connectivity index (χ0n) is 11.3. The highest BCUT2D eigenvalue weighted by Crippen LogP contribution is 2.42. The Bertz CT molecular complexity index is 270. The minimum atomic E-state index is -0.0401. The summed E-state index contributed by atoms with van der Waals surface area (Å²) in [5, 5.41) is 10.4. The highest BCUT2D eigenvalue weighted by atomic mass is 32.2. The van der Waals surface area contributed by atoms with Gasteiger partial charge in [0.2, 0.25) is 0 Å². The van der Waals surface area contributed by atoms with Crippen LogP contribution in [0.2, 0.25) is 0 Å². The molecule has 3 aliphatic rings. The van der Waals surface area contributed by atoms with Gasteiger partial charge >= 0.3 is 0 Å². The summed E-state index contributed by atoms with van der Waals surface area (Å²) in [6, 6.07) is 0. The van der Waals surface area contributed by atoms with Gasteiger partial charge in [-0.15, -0.1) is 0 Å². The third-order valence-corrected chi connectivity index (χ3v) is 6.40. The van der Waals surface area contributed by atoms with E-state index in [1.165, 1.54) is 50.0 Å². The van der Waals surface area contributed by atoms with Crippen LogP contribution in [0.1, 0.15) is 51.4 Å². The van der Waals surface area contributed by atoms with Crippen LogP contribution in [-0.4, -0.2) is 34.9 Å². The van der Waals surface area contributed by atoms with E-state index >= 15 is 0 Å². The minimum absolute atomic E-state index is 0.0401. The van der Waals surface area contributed by atoms with Crippen LogP contribution in [0.25, 0.3) is 0 Å². The Kier molecular flexibility index (Phi) is 4.21. The average molecular weight is 270 g/mol. The summed E-state index contributed by atoms with van der Waals surface area (Å²) >= 11 is 2.04. The lowest BCUT2D eigenvalue weighted by molar-refractivity contribution is -0.0875. The summed E-state index contributed by atoms with van der Waals surface area (Å²) in [7, 11) is 0. The van der Waals surface area contributed by atoms with Crippen LogP contribution in [-0.2, 0) is 4.74 Å². The van der Waals surface area contributed by atoms with E-state index in [9.17, 15) is 5.11 Å². The van der Waals surface area contributed by atoms with Gasteiger partial charge in [0.05, 0.1) is 11.7 Å². The summed E-state index contributed by atoms with van der Waals surface area (Å²) in [5.41, 5.74) is 0.184. The normalized spacial score (nSPS) is 39.5. The Morgan fingerprint density at radius 2 is 2.11 bits per heavy atom. The van der Waals surface area contributed by atoms with Crippen molar-refractivity contribution in [2.75, 3.05) is 18.1 Å². The zero-order chi connectivity index (χ0) is 12.4. The second-order valence-corrected chi connectivity index (χ2v) is 7.65. The van der Waals surface area contributed by atoms with E-state index in [4.69, 9.17) is 4.74 Å². The maximum atomic E-state index is 10.4. The quantitative estimate of drug-likeness (QED) is 0.854. The Morgan fingerprint density at radius 1 is 1.28 bits per heavy atom. The molecule has 3 unspecified atom stereocenters. The third-order valence-electron chi connectivity index (χ3n) is 5.18. The predicted octanol–water partition coefficient (Wildman–Crippen LogP) is 3.23. The molecule has 2 nitrogen and oxygen atoms in total. The molecule has 0 bridgehead atoms. The van der Waals surface area contributed by atoms with Crippen molar-refractivity contribution in [2.45, 2.75) is 63.1 Å². The number of aliphatic hydroxyl groups is 1. The first kappa shape index (κ1) is 13.3. The fraction of sp³-hybridized carbons (Fsp3) is 1.00. The Balaban J connectivity index is 1.52. The molecular formula is C15H26O2S. The van der Waals surface area contributed by atoms with Crippen LogP contribution >= 0.6 is 11.8 Å². The summed E-state index contributed by atoms with van der Waals surface area (Å²) in [6.07, 6.45) is 9.75. The molecule has 1 spiro atoms. The lowest BCUT2D eigenvalue weighted by atomic mass is 9.80. The van der Waals surface area contributed by atoms with E-state index in [0.29, 0.717) is 11.8 Å². The first-order chi connectivity index (χ1) is 8.77. The Hall–Kier alpha value is 0.270. The van der Waals surface area contributed by atoms with Crippen LogP contribution in [0.3, 0.4) is 0 Å². The Morgan fingerprint density at radius 3 is 2.83 bits per heavy atom. The Labute approximate surface area is 115 Å². The van der Waals surface area contributed by atoms with Crippen molar-refractivity contribution < 1.29 is 9.84 Å². The van der Waals surface area contributed by atoms with Crippen molar-refractivity contribution in [1.29, 1.82) is 0 Å². The molecule has 1 aliphatic carbocycles. The van der Waals surface area contributed by atoms with Gasteiger partial charge in [-0.2, -0.15) is 11.8 Å². The lowest BCUT2D eigenvalue weighted by Crippen LogP contribution is -2.41. The van der Waals surface area contributed by atoms with Crippen LogP contribution in [0.15, 0.2) is 0 Å². The average Bonchev–Trinajstić information content (AvgIpc) is 3.01. The number of hydrogen-bond acceptors (Lipinski definition) is 3. The van der Waals surface area contributed by atoms with Gasteiger partial charge in [-0.3, -0.25) is 0 Å². The summed E-state index contributed by atoms with van der Waals surface area (Å²) in [4.78, 5) is 0. The van der Waals surface area contributed by atoms with Gasteiger partial charge in [0.1, 0.15) is 0 Å². The molecule has 0 aromatic rings. The molecule has 18 heavy (non-hydrogen) atoms. The standard InChI is InChI=1S/C15H26O2S/c16-14(13-3-1-2-4-13)9-12-5-7-17-15(10-12)6-8-18-11-15/h12-14,16H,1-11H2. The number of rotatable bonds is 3. The maximum absolute atomic E-state index is 10.4. The number of thioether (sulfide) groups is 1. The number of aliphatic hydroxyl groups excluding tert-OH is 1. The van der Waals surface area contributed by atoms with Crippen molar-refractivity contribution in [3.63, 3.8) is 0 Å². The topological polar surface area (TPSA) is 29.5 Å². The first-order valence-corrected chi connectivity index (χ1v) is 8.83. The molecule has 0 radical (unpaired) electrons. The number of ether oxygens (including phenoxy) is 1. The molecule has 0 aromatic carbocycles. The largest absolute Gasteiger partial charge is 0.393 e. The molecule has 3 heteroatoms. The van der Waals surface area contributed by atoms with Crippen LogP contribution in [0.4, 0.5) is 0 Å². The van der Waals surface area contributed by atoms with E-state index in [1.54, 1.807) is 0 Å². The van der Waals surface area contributed by atoms with Gasteiger partial charge < -0.3 is 9.84 Å². The van der Waals surface area contributed by atoms with Gasteiger partial charge in [-0.25, -0.2) is 0 Å². The summed E-state index contributed by atoms with van der Waals surface area (Å²) in [5.74, 6) is 3.75. The second kappa shape index (κ2) is 5.72. The lowest BCUT2D eigenvalue weighted by Gasteiger charge is -2.39. The molecule has 104 valence electrons. The minimum Gasteiger partial charge on any atom is -0.393 e. The highest BCUT2D eigenvalue weighted by molar-refractivity contribution is 7.99. The fourth-order valence-corrected chi connectivity index (χ4v) is 5.45. The molecule has 0 amide bonds. The van der Waals surface area contributed by atoms with Crippen LogP contribution in [0, 0.1) is 11.8 Å². The molecule has 1 N–H and O–H groups in total. The van der Waals surface area contributed by atoms with Gasteiger partial charge in [-0.05, 0) is 56.1 Å². The van der Waals surface area contributed by atoms with Crippen molar-refractivity contribution in [1.82, 2.24) is 0 Å². The van der Waals surface area contributed by atoms with E-state index < -0.39 is 0 Å². The van der Waals surface area contributed by atoms with Gasteiger partial charge in [0.15, 0.2) is 0 Å². The van der Waals surface area contributed by atoms with E-state index in [-0.39, 0.29) is 11.7 Å². The van der Waals surface area contributed by atoms with E-state index in [0.717, 1.165) is 19.4 Å². The molecule has 2 heterocycles. The van der Waals surface area contributed by atoms with Crippen molar-refractivity contribution in [3.05, 3.63) is 0 Å². The second-order valence-electron chi connectivity index (χ2n) is 6.54. The molecule has 1 saturated carbocycles. The van der Waals surface area contributed by atoms with Gasteiger partial charge in [-0.1, -0.05) is 12.8 Å². The SMILES string of the molecule is OC(CC1CCOC2(CCSC2)C1)C1CCCC1. The summed E-state index contributed by atoms with van der Waals surface area (Å²) in [6.45, 7) is 0.919. The predicted molar refractivity (Wildman–Crippen MR) is 75.9 cm³/mol. The molecule has 2 aliphatic heterocycles. The monoisotopic (exact) mass is 270 g/mol. The molecule has 3 fully saturated rings. The molecule has 3 rings (SSSR count). The van der Waals surface area contributed by atoms with Crippen molar-refractivity contribution in [2.24, 2.45) is 11.8 Å². The van der Waals surface area contributed by atoms with Crippen LogP contribution < -0.4 is 0 Å². The molecule has 2 saturated heterocycles. The van der Waals surface area contributed by atoms with Crippen LogP contribution in [0.5, 0.6) is 0 Å². The molecular weight excluding hydrogens is 244 g/mol. The smallest absolute Gasteiger partial charge is 0.0783 e. The van der Waals surface area contributed by atoms with Crippen molar-refractivity contribution >= 4 is 11.8 Å². The highest BCUT2D eigenvalue weighted by Gasteiger charge is 2.41. The van der Waals surface area contributed by atoms with E-state index in [2.05, 4.69) is 0 Å². The molecule has 3 atom stereocenters. The number of hydrogen-bond donors (Lipinski definition) is 1. The summed E-state index contributed by atoms with van der Waals surface area (Å²) < 4.78 is 6.06. The van der Waals surface area contributed by atoms with Gasteiger partial charge in [0, 0.05) is 12.4 Å². The fourth-order valence-electron chi connectivity index (χ4n) is 4.07. The maximum Gasteiger partial charge on any atom is 0.0783 e. The van der Waals surface area contributed by atoms with Crippen molar-refractivity contribution in [3.8, 4) is 0 Å². The first-order valence-electron chi connectivity index (χ1n) is 7.67. The van der Waals surface area contributed by atoms with Gasteiger partial charge in [0.25, 0.3) is 0 Å².